The summed E-state index contributed by atoms with van der Waals surface area (Å²) in [7, 11) is 0. The van der Waals surface area contributed by atoms with E-state index < -0.39 is 29.0 Å². The molecule has 0 radical (unpaired) electrons. The zero-order chi connectivity index (χ0) is 11.0. The molecule has 1 rings (SSSR count). The van der Waals surface area contributed by atoms with Crippen LogP contribution in [0.4, 0.5) is 13.2 Å². The Morgan fingerprint density at radius 3 is 2.43 bits per heavy atom. The summed E-state index contributed by atoms with van der Waals surface area (Å²) >= 11 is 0. The highest BCUT2D eigenvalue weighted by Gasteiger charge is 2.71. The van der Waals surface area contributed by atoms with Gasteiger partial charge in [0.05, 0.1) is 0 Å². The van der Waals surface area contributed by atoms with Crippen molar-refractivity contribution in [1.29, 1.82) is 0 Å². The second-order valence-corrected chi connectivity index (χ2v) is 2.69. The van der Waals surface area contributed by atoms with Crippen LogP contribution in [0.2, 0.25) is 0 Å². The molecule has 0 aromatic carbocycles. The van der Waals surface area contributed by atoms with Gasteiger partial charge >= 0.3 is 11.7 Å². The fraction of sp³-hybridized carbons (Fsp3) is 0.500. The van der Waals surface area contributed by atoms with Crippen LogP contribution in [-0.4, -0.2) is 29.0 Å². The lowest BCUT2D eigenvalue weighted by molar-refractivity contribution is -0.590. The number of halogens is 3. The van der Waals surface area contributed by atoms with Gasteiger partial charge in [-0.05, 0) is 0 Å². The molecule has 0 aromatic heterocycles. The standard InChI is InChI=1S/C6H5F3N2O3/c7-6(8,9)5(11(13)14)3-10-2-1-4(5)12/h1-2,10H,3H2. The number of carbonyl (C=O) groups is 1. The van der Waals surface area contributed by atoms with Gasteiger partial charge in [-0.3, -0.25) is 14.9 Å². The molecule has 0 fully saturated rings. The first-order valence-corrected chi connectivity index (χ1v) is 3.48. The molecule has 1 heterocycles. The lowest BCUT2D eigenvalue weighted by Gasteiger charge is -2.26. The van der Waals surface area contributed by atoms with E-state index in [1.54, 1.807) is 0 Å². The van der Waals surface area contributed by atoms with E-state index in [0.29, 0.717) is 6.08 Å². The molecule has 0 saturated carbocycles. The Morgan fingerprint density at radius 1 is 1.57 bits per heavy atom. The number of ketones is 1. The minimum absolute atomic E-state index is 0.514. The number of hydrogen-bond acceptors (Lipinski definition) is 4. The summed E-state index contributed by atoms with van der Waals surface area (Å²) in [6.07, 6.45) is -3.74. The third-order valence-electron chi connectivity index (χ3n) is 1.90. The Morgan fingerprint density at radius 2 is 2.14 bits per heavy atom. The van der Waals surface area contributed by atoms with Crippen molar-refractivity contribution in [3.05, 3.63) is 22.4 Å². The van der Waals surface area contributed by atoms with Gasteiger partial charge in [0.1, 0.15) is 6.54 Å². The minimum Gasteiger partial charge on any atom is -0.383 e. The third-order valence-corrected chi connectivity index (χ3v) is 1.90. The second-order valence-electron chi connectivity index (χ2n) is 2.69. The summed E-state index contributed by atoms with van der Waals surface area (Å²) in [4.78, 5) is 19.6. The van der Waals surface area contributed by atoms with E-state index >= 15 is 0 Å². The lowest BCUT2D eigenvalue weighted by atomic mass is 9.92. The maximum absolute atomic E-state index is 12.4. The highest BCUT2D eigenvalue weighted by Crippen LogP contribution is 2.34. The highest BCUT2D eigenvalue weighted by molar-refractivity contribution is 5.98. The zero-order valence-corrected chi connectivity index (χ0v) is 6.67. The van der Waals surface area contributed by atoms with Crippen LogP contribution in [0.1, 0.15) is 0 Å². The summed E-state index contributed by atoms with van der Waals surface area (Å²) in [5.41, 5.74) is -3.54. The van der Waals surface area contributed by atoms with Crippen LogP contribution in [0.15, 0.2) is 12.3 Å². The SMILES string of the molecule is O=C1C=CNCC1([N+](=O)[O-])C(F)(F)F. The molecule has 8 heteroatoms. The van der Waals surface area contributed by atoms with Crippen molar-refractivity contribution in [2.24, 2.45) is 0 Å². The van der Waals surface area contributed by atoms with Gasteiger partial charge in [0.25, 0.3) is 0 Å². The van der Waals surface area contributed by atoms with Crippen LogP contribution in [0.25, 0.3) is 0 Å². The summed E-state index contributed by atoms with van der Waals surface area (Å²) in [5.74, 6) is -1.56. The molecular formula is C6H5F3N2O3. The van der Waals surface area contributed by atoms with Crippen LogP contribution in [-0.2, 0) is 4.79 Å². The molecule has 1 unspecified atom stereocenters. The molecule has 0 spiro atoms. The van der Waals surface area contributed by atoms with E-state index in [-0.39, 0.29) is 0 Å². The summed E-state index contributed by atoms with van der Waals surface area (Å²) in [6, 6.07) is 0. The highest BCUT2D eigenvalue weighted by atomic mass is 19.4. The largest absolute Gasteiger partial charge is 0.470 e. The number of alkyl halides is 3. The van der Waals surface area contributed by atoms with Gasteiger partial charge < -0.3 is 5.32 Å². The fourth-order valence-corrected chi connectivity index (χ4v) is 1.06. The molecule has 1 aliphatic heterocycles. The Bertz CT molecular complexity index is 312. The zero-order valence-electron chi connectivity index (χ0n) is 6.67. The smallest absolute Gasteiger partial charge is 0.383 e. The van der Waals surface area contributed by atoms with Gasteiger partial charge in [-0.25, -0.2) is 0 Å². The molecular weight excluding hydrogens is 205 g/mol. The van der Waals surface area contributed by atoms with E-state index in [0.717, 1.165) is 6.20 Å². The minimum atomic E-state index is -5.20. The maximum atomic E-state index is 12.4. The van der Waals surface area contributed by atoms with Crippen molar-refractivity contribution in [1.82, 2.24) is 5.32 Å². The first-order valence-electron chi connectivity index (χ1n) is 3.48. The van der Waals surface area contributed by atoms with Gasteiger partial charge in [-0.1, -0.05) is 0 Å². The van der Waals surface area contributed by atoms with Crippen LogP contribution in [0.3, 0.4) is 0 Å². The number of hydrogen-bond donors (Lipinski definition) is 1. The van der Waals surface area contributed by atoms with Gasteiger partial charge in [0, 0.05) is 17.2 Å². The molecule has 1 N–H and O–H groups in total. The van der Waals surface area contributed by atoms with E-state index in [1.165, 1.54) is 0 Å². The molecule has 0 amide bonds. The van der Waals surface area contributed by atoms with Crippen molar-refractivity contribution in [3.63, 3.8) is 0 Å². The van der Waals surface area contributed by atoms with Crippen LogP contribution >= 0.6 is 0 Å². The number of nitrogens with one attached hydrogen (secondary N) is 1. The average Bonchev–Trinajstić information content (AvgIpc) is 2.02. The quantitative estimate of drug-likeness (QED) is 0.497. The predicted molar refractivity (Wildman–Crippen MR) is 37.9 cm³/mol. The second kappa shape index (κ2) is 2.96. The molecule has 1 aliphatic rings. The summed E-state index contributed by atoms with van der Waals surface area (Å²) in [6.45, 7) is -1.07. The van der Waals surface area contributed by atoms with E-state index in [1.807, 2.05) is 5.32 Å². The number of carbonyl (C=O) groups excluding carboxylic acids is 1. The maximum Gasteiger partial charge on any atom is 0.470 e. The summed E-state index contributed by atoms with van der Waals surface area (Å²) < 4.78 is 37.1. The van der Waals surface area contributed by atoms with E-state index in [4.69, 9.17) is 0 Å². The van der Waals surface area contributed by atoms with Crippen LogP contribution < -0.4 is 5.32 Å². The lowest BCUT2D eigenvalue weighted by Crippen LogP contribution is -2.64. The van der Waals surface area contributed by atoms with Crippen molar-refractivity contribution in [2.75, 3.05) is 6.54 Å². The molecule has 5 nitrogen and oxygen atoms in total. The molecule has 78 valence electrons. The van der Waals surface area contributed by atoms with Gasteiger partial charge in [-0.15, -0.1) is 0 Å². The Labute approximate surface area is 75.7 Å². The monoisotopic (exact) mass is 210 g/mol. The van der Waals surface area contributed by atoms with Crippen molar-refractivity contribution >= 4 is 5.78 Å². The van der Waals surface area contributed by atoms with Gasteiger partial charge in [0.2, 0.25) is 5.78 Å². The molecule has 1 atom stereocenters. The Hall–Kier alpha value is -1.60. The topological polar surface area (TPSA) is 72.2 Å². The molecule has 14 heavy (non-hydrogen) atoms. The van der Waals surface area contributed by atoms with E-state index in [9.17, 15) is 28.1 Å². The van der Waals surface area contributed by atoms with Crippen LogP contribution in [0.5, 0.6) is 0 Å². The Balaban J connectivity index is 3.24. The van der Waals surface area contributed by atoms with Crippen LogP contribution in [0, 0.1) is 10.1 Å². The van der Waals surface area contributed by atoms with Gasteiger partial charge in [-0.2, -0.15) is 13.2 Å². The van der Waals surface area contributed by atoms with Crippen molar-refractivity contribution in [2.45, 2.75) is 11.7 Å². The number of nitro groups is 1. The van der Waals surface area contributed by atoms with Gasteiger partial charge in [0.15, 0.2) is 0 Å². The number of nitrogens with zero attached hydrogens (tertiary/aromatic N) is 1. The number of rotatable bonds is 1. The predicted octanol–water partition coefficient (Wildman–Crippen LogP) is 0.250. The summed E-state index contributed by atoms with van der Waals surface area (Å²) in [5, 5.41) is 12.4. The molecule has 0 saturated heterocycles. The molecule has 0 aliphatic carbocycles. The normalized spacial score (nSPS) is 27.2. The molecule has 0 aromatic rings. The third kappa shape index (κ3) is 1.22. The fourth-order valence-electron chi connectivity index (χ4n) is 1.06. The van der Waals surface area contributed by atoms with E-state index in [2.05, 4.69) is 0 Å². The Kier molecular flexibility index (Phi) is 2.22. The first kappa shape index (κ1) is 10.5. The van der Waals surface area contributed by atoms with Crippen molar-refractivity contribution in [3.8, 4) is 0 Å². The first-order chi connectivity index (χ1) is 6.32. The average molecular weight is 210 g/mol. The molecule has 0 bridgehead atoms. The van der Waals surface area contributed by atoms with Crippen molar-refractivity contribution < 1.29 is 22.9 Å².